The number of sulfonamides is 1. The lowest BCUT2D eigenvalue weighted by molar-refractivity contribution is 0.596. The summed E-state index contributed by atoms with van der Waals surface area (Å²) in [5.41, 5.74) is 6.01. The van der Waals surface area contributed by atoms with Gasteiger partial charge in [-0.25, -0.2) is 8.42 Å². The minimum absolute atomic E-state index is 0.286. The van der Waals surface area contributed by atoms with E-state index in [2.05, 4.69) is 4.98 Å². The van der Waals surface area contributed by atoms with Crippen LogP contribution in [0, 0.1) is 0 Å². The van der Waals surface area contributed by atoms with Gasteiger partial charge in [0.2, 0.25) is 0 Å². The van der Waals surface area contributed by atoms with Crippen LogP contribution < -0.4 is 10.0 Å². The van der Waals surface area contributed by atoms with Gasteiger partial charge in [0.15, 0.2) is 0 Å². The van der Waals surface area contributed by atoms with Crippen LogP contribution in [0.5, 0.6) is 0 Å². The molecular formula is C11H13N3O2S2. The standard InChI is InChI=1S/C11H13N3O2S2/c1-14(9-3-2-6-13-8-9)18(15,16)11-5-4-10(7-12)17-11/h2-6,8H,7,12H2,1H3. The molecule has 0 fully saturated rings. The van der Waals surface area contributed by atoms with Crippen LogP contribution in [0.4, 0.5) is 5.69 Å². The van der Waals surface area contributed by atoms with Gasteiger partial charge in [0.05, 0.1) is 11.9 Å². The van der Waals surface area contributed by atoms with Gasteiger partial charge in [-0.3, -0.25) is 9.29 Å². The summed E-state index contributed by atoms with van der Waals surface area (Å²) in [7, 11) is -2.02. The summed E-state index contributed by atoms with van der Waals surface area (Å²) in [4.78, 5) is 4.75. The van der Waals surface area contributed by atoms with Crippen molar-refractivity contribution in [1.29, 1.82) is 0 Å². The number of pyridine rings is 1. The summed E-state index contributed by atoms with van der Waals surface area (Å²) in [5.74, 6) is 0. The summed E-state index contributed by atoms with van der Waals surface area (Å²) in [5, 5.41) is 0. The van der Waals surface area contributed by atoms with Gasteiger partial charge in [0, 0.05) is 24.7 Å². The molecule has 0 bridgehead atoms. The van der Waals surface area contributed by atoms with E-state index >= 15 is 0 Å². The Morgan fingerprint density at radius 3 is 2.72 bits per heavy atom. The zero-order chi connectivity index (χ0) is 13.2. The van der Waals surface area contributed by atoms with Crippen molar-refractivity contribution in [2.75, 3.05) is 11.4 Å². The molecule has 96 valence electrons. The van der Waals surface area contributed by atoms with Crippen LogP contribution in [0.15, 0.2) is 40.9 Å². The van der Waals surface area contributed by atoms with Crippen LogP contribution in [0.3, 0.4) is 0 Å². The Morgan fingerprint density at radius 1 is 1.39 bits per heavy atom. The molecular weight excluding hydrogens is 270 g/mol. The maximum absolute atomic E-state index is 12.3. The number of rotatable bonds is 4. The van der Waals surface area contributed by atoms with Crippen LogP contribution in [0.1, 0.15) is 4.88 Å². The van der Waals surface area contributed by atoms with Crippen LogP contribution >= 0.6 is 11.3 Å². The van der Waals surface area contributed by atoms with Gasteiger partial charge in [0.1, 0.15) is 4.21 Å². The molecule has 0 aliphatic heterocycles. The first-order valence-corrected chi connectivity index (χ1v) is 7.49. The summed E-state index contributed by atoms with van der Waals surface area (Å²) in [6, 6.07) is 6.70. The lowest BCUT2D eigenvalue weighted by atomic mass is 10.4. The van der Waals surface area contributed by atoms with E-state index in [0.29, 0.717) is 12.2 Å². The second-order valence-electron chi connectivity index (χ2n) is 3.61. The van der Waals surface area contributed by atoms with Crippen molar-refractivity contribution in [3.05, 3.63) is 41.5 Å². The number of aromatic nitrogens is 1. The Bertz CT molecular complexity index is 623. The van der Waals surface area contributed by atoms with Crippen molar-refractivity contribution in [3.63, 3.8) is 0 Å². The molecule has 0 aliphatic carbocycles. The van der Waals surface area contributed by atoms with Crippen LogP contribution in [0.25, 0.3) is 0 Å². The molecule has 0 spiro atoms. The van der Waals surface area contributed by atoms with Gasteiger partial charge in [0.25, 0.3) is 10.0 Å². The number of anilines is 1. The van der Waals surface area contributed by atoms with Crippen LogP contribution in [-0.2, 0) is 16.6 Å². The van der Waals surface area contributed by atoms with E-state index in [9.17, 15) is 8.42 Å². The summed E-state index contributed by atoms with van der Waals surface area (Å²) in [6.45, 7) is 0.344. The molecule has 2 aromatic rings. The highest BCUT2D eigenvalue weighted by atomic mass is 32.2. The Hall–Kier alpha value is -1.44. The predicted molar refractivity (Wildman–Crippen MR) is 72.0 cm³/mol. The molecule has 7 heteroatoms. The third kappa shape index (κ3) is 2.38. The molecule has 2 aromatic heterocycles. The highest BCUT2D eigenvalue weighted by Gasteiger charge is 2.23. The summed E-state index contributed by atoms with van der Waals surface area (Å²) in [6.07, 6.45) is 3.11. The first kappa shape index (κ1) is 13.0. The second-order valence-corrected chi connectivity index (χ2v) is 6.97. The normalized spacial score (nSPS) is 11.4. The third-order valence-electron chi connectivity index (χ3n) is 2.46. The zero-order valence-corrected chi connectivity index (χ0v) is 11.4. The fraction of sp³-hybridized carbons (Fsp3) is 0.182. The largest absolute Gasteiger partial charge is 0.326 e. The average Bonchev–Trinajstić information content (AvgIpc) is 2.88. The minimum atomic E-state index is -3.52. The molecule has 0 saturated heterocycles. The number of hydrogen-bond acceptors (Lipinski definition) is 5. The molecule has 0 unspecified atom stereocenters. The van der Waals surface area contributed by atoms with E-state index in [1.165, 1.54) is 28.9 Å². The molecule has 0 amide bonds. The van der Waals surface area contributed by atoms with E-state index in [4.69, 9.17) is 5.73 Å². The highest BCUT2D eigenvalue weighted by Crippen LogP contribution is 2.26. The van der Waals surface area contributed by atoms with Gasteiger partial charge >= 0.3 is 0 Å². The highest BCUT2D eigenvalue weighted by molar-refractivity contribution is 7.94. The topological polar surface area (TPSA) is 76.3 Å². The second kappa shape index (κ2) is 5.05. The number of nitrogens with two attached hydrogens (primary N) is 1. The van der Waals surface area contributed by atoms with Crippen molar-refractivity contribution >= 4 is 27.0 Å². The van der Waals surface area contributed by atoms with Crippen molar-refractivity contribution < 1.29 is 8.42 Å². The Kier molecular flexibility index (Phi) is 3.65. The molecule has 2 heterocycles. The summed E-state index contributed by atoms with van der Waals surface area (Å²) >= 11 is 1.19. The molecule has 0 aromatic carbocycles. The van der Waals surface area contributed by atoms with E-state index in [1.54, 1.807) is 30.5 Å². The Morgan fingerprint density at radius 2 is 2.17 bits per heavy atom. The smallest absolute Gasteiger partial charge is 0.273 e. The number of thiophene rings is 1. The maximum Gasteiger partial charge on any atom is 0.273 e. The third-order valence-corrected chi connectivity index (χ3v) is 5.82. The van der Waals surface area contributed by atoms with E-state index in [-0.39, 0.29) is 4.21 Å². The molecule has 0 aliphatic rings. The van der Waals surface area contributed by atoms with Crippen molar-refractivity contribution in [2.24, 2.45) is 5.73 Å². The first-order chi connectivity index (χ1) is 8.55. The van der Waals surface area contributed by atoms with Crippen molar-refractivity contribution in [2.45, 2.75) is 10.8 Å². The van der Waals surface area contributed by atoms with Gasteiger partial charge in [-0.1, -0.05) is 0 Å². The molecule has 18 heavy (non-hydrogen) atoms. The average molecular weight is 283 g/mol. The van der Waals surface area contributed by atoms with Crippen LogP contribution in [-0.4, -0.2) is 20.4 Å². The van der Waals surface area contributed by atoms with Gasteiger partial charge in [-0.15, -0.1) is 11.3 Å². The van der Waals surface area contributed by atoms with Crippen molar-refractivity contribution in [1.82, 2.24) is 4.98 Å². The fourth-order valence-electron chi connectivity index (χ4n) is 1.42. The predicted octanol–water partition coefficient (Wildman–Crippen LogP) is 1.43. The lowest BCUT2D eigenvalue weighted by Gasteiger charge is -2.17. The van der Waals surface area contributed by atoms with E-state index in [1.807, 2.05) is 0 Å². The number of nitrogens with zero attached hydrogens (tertiary/aromatic N) is 2. The lowest BCUT2D eigenvalue weighted by Crippen LogP contribution is -2.25. The van der Waals surface area contributed by atoms with E-state index in [0.717, 1.165) is 4.88 Å². The van der Waals surface area contributed by atoms with Gasteiger partial charge in [-0.2, -0.15) is 0 Å². The monoisotopic (exact) mass is 283 g/mol. The Labute approximate surface area is 110 Å². The molecule has 0 radical (unpaired) electrons. The van der Waals surface area contributed by atoms with Gasteiger partial charge < -0.3 is 5.73 Å². The molecule has 0 atom stereocenters. The summed E-state index contributed by atoms with van der Waals surface area (Å²) < 4.78 is 26.2. The molecule has 2 rings (SSSR count). The van der Waals surface area contributed by atoms with Crippen LogP contribution in [0.2, 0.25) is 0 Å². The molecule has 0 saturated carbocycles. The van der Waals surface area contributed by atoms with E-state index < -0.39 is 10.0 Å². The van der Waals surface area contributed by atoms with Gasteiger partial charge in [-0.05, 0) is 24.3 Å². The number of hydrogen-bond donors (Lipinski definition) is 1. The molecule has 2 N–H and O–H groups in total. The maximum atomic E-state index is 12.3. The zero-order valence-electron chi connectivity index (χ0n) is 9.78. The fourth-order valence-corrected chi connectivity index (χ4v) is 4.01. The molecule has 5 nitrogen and oxygen atoms in total. The van der Waals surface area contributed by atoms with Crippen molar-refractivity contribution in [3.8, 4) is 0 Å². The Balaban J connectivity index is 2.37. The SMILES string of the molecule is CN(c1cccnc1)S(=O)(=O)c1ccc(CN)s1. The first-order valence-electron chi connectivity index (χ1n) is 5.23. The minimum Gasteiger partial charge on any atom is -0.326 e. The quantitative estimate of drug-likeness (QED) is 0.921.